The van der Waals surface area contributed by atoms with Gasteiger partial charge in [0.05, 0.1) is 4.47 Å². The van der Waals surface area contributed by atoms with Gasteiger partial charge < -0.3 is 4.42 Å². The molecule has 2 heterocycles. The number of imidazole rings is 1. The molecule has 0 N–H and O–H groups in total. The van der Waals surface area contributed by atoms with Gasteiger partial charge in [0.1, 0.15) is 11.4 Å². The van der Waals surface area contributed by atoms with E-state index in [2.05, 4.69) is 36.8 Å². The lowest BCUT2D eigenvalue weighted by atomic mass is 10.2. The number of carbonyl (C=O) groups excluding carboxylic acids is 1. The monoisotopic (exact) mass is 410 g/mol. The molecule has 0 aliphatic carbocycles. The molecule has 0 spiro atoms. The van der Waals surface area contributed by atoms with E-state index in [0.717, 1.165) is 4.47 Å². The van der Waals surface area contributed by atoms with Gasteiger partial charge >= 0.3 is 5.63 Å². The van der Waals surface area contributed by atoms with E-state index < -0.39 is 11.5 Å². The number of halogens is 2. The first-order chi connectivity index (χ1) is 9.97. The number of carbonyl (C=O) groups is 1. The Bertz CT molecular complexity index is 928. The maximum Gasteiger partial charge on any atom is 0.349 e. The second-order valence-corrected chi connectivity index (χ2v) is 6.17. The molecule has 0 saturated carbocycles. The Kier molecular flexibility index (Phi) is 3.54. The molecule has 5 nitrogen and oxygen atoms in total. The molecule has 106 valence electrons. The number of hydrogen-bond donors (Lipinski definition) is 0. The Labute approximate surface area is 135 Å². The van der Waals surface area contributed by atoms with E-state index in [1.165, 1.54) is 23.0 Å². The fourth-order valence-corrected chi connectivity index (χ4v) is 3.37. The van der Waals surface area contributed by atoms with Crippen molar-refractivity contribution in [3.8, 4) is 0 Å². The smallest absolute Gasteiger partial charge is 0.349 e. The van der Waals surface area contributed by atoms with Gasteiger partial charge in [0.15, 0.2) is 5.58 Å². The number of benzene rings is 1. The summed E-state index contributed by atoms with van der Waals surface area (Å²) in [6, 6.07) is 5.08. The van der Waals surface area contributed by atoms with Crippen molar-refractivity contribution in [3.63, 3.8) is 0 Å². The summed E-state index contributed by atoms with van der Waals surface area (Å²) in [6.45, 7) is 1.69. The zero-order chi connectivity index (χ0) is 15.1. The first-order valence-corrected chi connectivity index (χ1v) is 7.53. The molecule has 0 saturated heterocycles. The van der Waals surface area contributed by atoms with Gasteiger partial charge in [-0.3, -0.25) is 9.36 Å². The van der Waals surface area contributed by atoms with Crippen LogP contribution in [0.25, 0.3) is 11.0 Å². The lowest BCUT2D eigenvalue weighted by Gasteiger charge is -2.05. The summed E-state index contributed by atoms with van der Waals surface area (Å²) in [5, 5.41) is 0.650. The maximum atomic E-state index is 12.4. The maximum absolute atomic E-state index is 12.4. The van der Waals surface area contributed by atoms with E-state index in [1.807, 2.05) is 0 Å². The van der Waals surface area contributed by atoms with Crippen LogP contribution in [0.15, 0.2) is 48.7 Å². The molecule has 1 aromatic carbocycles. The van der Waals surface area contributed by atoms with E-state index in [0.29, 0.717) is 21.3 Å². The van der Waals surface area contributed by atoms with Crippen LogP contribution >= 0.6 is 31.9 Å². The molecule has 0 aliphatic rings. The molecule has 3 rings (SSSR count). The number of aryl methyl sites for hydroxylation is 1. The minimum Gasteiger partial charge on any atom is -0.421 e. The summed E-state index contributed by atoms with van der Waals surface area (Å²) in [5.41, 5.74) is -0.306. The predicted molar refractivity (Wildman–Crippen MR) is 84.6 cm³/mol. The quantitative estimate of drug-likeness (QED) is 0.574. The highest BCUT2D eigenvalue weighted by atomic mass is 79.9. The van der Waals surface area contributed by atoms with Gasteiger partial charge in [-0.25, -0.2) is 9.78 Å². The Morgan fingerprint density at radius 1 is 1.29 bits per heavy atom. The van der Waals surface area contributed by atoms with Crippen molar-refractivity contribution < 1.29 is 9.21 Å². The summed E-state index contributed by atoms with van der Waals surface area (Å²) in [7, 11) is 0. The SMILES string of the molecule is Cc1nccn1C(=O)c1cc2cc(Br)cc(Br)c2oc1=O. The van der Waals surface area contributed by atoms with Crippen LogP contribution in [0.5, 0.6) is 0 Å². The van der Waals surface area contributed by atoms with Gasteiger partial charge in [-0.15, -0.1) is 0 Å². The fraction of sp³-hybridized carbons (Fsp3) is 0.0714. The standard InChI is InChI=1S/C14H8Br2N2O3/c1-7-17-2-3-18(7)13(19)10-5-8-4-9(15)6-11(16)12(8)21-14(10)20/h2-6H,1H3. The van der Waals surface area contributed by atoms with E-state index in [4.69, 9.17) is 4.42 Å². The van der Waals surface area contributed by atoms with Gasteiger partial charge in [0.25, 0.3) is 5.91 Å². The number of nitrogens with zero attached hydrogens (tertiary/aromatic N) is 2. The van der Waals surface area contributed by atoms with Crippen LogP contribution < -0.4 is 5.63 Å². The summed E-state index contributed by atoms with van der Waals surface area (Å²) in [5.74, 6) is 0.0478. The van der Waals surface area contributed by atoms with Crippen LogP contribution in [-0.4, -0.2) is 15.5 Å². The molecule has 7 heteroatoms. The predicted octanol–water partition coefficient (Wildman–Crippen LogP) is 3.51. The fourth-order valence-electron chi connectivity index (χ4n) is 2.03. The Morgan fingerprint density at radius 3 is 2.71 bits per heavy atom. The van der Waals surface area contributed by atoms with Gasteiger partial charge in [0, 0.05) is 22.3 Å². The van der Waals surface area contributed by atoms with Gasteiger partial charge in [0.2, 0.25) is 0 Å². The van der Waals surface area contributed by atoms with E-state index >= 15 is 0 Å². The number of aromatic nitrogens is 2. The van der Waals surface area contributed by atoms with E-state index in [-0.39, 0.29) is 5.56 Å². The molecule has 0 unspecified atom stereocenters. The highest BCUT2D eigenvalue weighted by Gasteiger charge is 2.18. The minimum atomic E-state index is -0.677. The zero-order valence-corrected chi connectivity index (χ0v) is 13.9. The molecule has 21 heavy (non-hydrogen) atoms. The van der Waals surface area contributed by atoms with Crippen LogP contribution in [0.2, 0.25) is 0 Å². The number of fused-ring (bicyclic) bond motifs is 1. The van der Waals surface area contributed by atoms with Gasteiger partial charge in [-0.05, 0) is 41.1 Å². The Morgan fingerprint density at radius 2 is 2.05 bits per heavy atom. The summed E-state index contributed by atoms with van der Waals surface area (Å²) < 4.78 is 8.02. The third-order valence-corrected chi connectivity index (χ3v) is 4.07. The largest absolute Gasteiger partial charge is 0.421 e. The van der Waals surface area contributed by atoms with Crippen molar-refractivity contribution >= 4 is 48.7 Å². The lowest BCUT2D eigenvalue weighted by Crippen LogP contribution is -2.21. The number of hydrogen-bond acceptors (Lipinski definition) is 4. The normalized spacial score (nSPS) is 11.0. The van der Waals surface area contributed by atoms with Crippen molar-refractivity contribution in [2.24, 2.45) is 0 Å². The van der Waals surface area contributed by atoms with Crippen molar-refractivity contribution in [3.05, 3.63) is 61.3 Å². The summed E-state index contributed by atoms with van der Waals surface area (Å²) >= 11 is 6.69. The van der Waals surface area contributed by atoms with E-state index in [9.17, 15) is 9.59 Å². The highest BCUT2D eigenvalue weighted by molar-refractivity contribution is 9.11. The Hall–Kier alpha value is -1.73. The van der Waals surface area contributed by atoms with Crippen molar-refractivity contribution in [1.29, 1.82) is 0 Å². The number of rotatable bonds is 1. The molecule has 2 aromatic heterocycles. The van der Waals surface area contributed by atoms with Crippen molar-refractivity contribution in [2.75, 3.05) is 0 Å². The third-order valence-electron chi connectivity index (χ3n) is 3.03. The molecule has 0 aliphatic heterocycles. The average Bonchev–Trinajstić information content (AvgIpc) is 2.84. The topological polar surface area (TPSA) is 65.1 Å². The highest BCUT2D eigenvalue weighted by Crippen LogP contribution is 2.28. The van der Waals surface area contributed by atoms with Gasteiger partial charge in [-0.2, -0.15) is 0 Å². The van der Waals surface area contributed by atoms with Crippen LogP contribution in [-0.2, 0) is 0 Å². The lowest BCUT2D eigenvalue weighted by molar-refractivity contribution is 0.0954. The van der Waals surface area contributed by atoms with E-state index in [1.54, 1.807) is 19.1 Å². The molecule has 0 radical (unpaired) electrons. The average molecular weight is 412 g/mol. The second kappa shape index (κ2) is 5.23. The Balaban J connectivity index is 2.25. The van der Waals surface area contributed by atoms with Crippen LogP contribution in [0.3, 0.4) is 0 Å². The summed E-state index contributed by atoms with van der Waals surface area (Å²) in [4.78, 5) is 28.4. The van der Waals surface area contributed by atoms with Gasteiger partial charge in [-0.1, -0.05) is 15.9 Å². The molecule has 0 fully saturated rings. The molecular weight excluding hydrogens is 404 g/mol. The molecule has 3 aromatic rings. The van der Waals surface area contributed by atoms with Crippen LogP contribution in [0.1, 0.15) is 16.2 Å². The second-order valence-electron chi connectivity index (χ2n) is 4.40. The first-order valence-electron chi connectivity index (χ1n) is 5.95. The van der Waals surface area contributed by atoms with Crippen LogP contribution in [0, 0.1) is 6.92 Å². The molecular formula is C14H8Br2N2O3. The minimum absolute atomic E-state index is 0.0337. The van der Waals surface area contributed by atoms with Crippen LogP contribution in [0.4, 0.5) is 0 Å². The molecule has 0 bridgehead atoms. The van der Waals surface area contributed by atoms with Crippen molar-refractivity contribution in [1.82, 2.24) is 9.55 Å². The zero-order valence-electron chi connectivity index (χ0n) is 10.8. The third kappa shape index (κ3) is 2.47. The van der Waals surface area contributed by atoms with Crippen molar-refractivity contribution in [2.45, 2.75) is 6.92 Å². The molecule has 0 atom stereocenters. The summed E-state index contributed by atoms with van der Waals surface area (Å²) in [6.07, 6.45) is 3.02. The molecule has 0 amide bonds. The first kappa shape index (κ1) is 14.2.